The second kappa shape index (κ2) is 6.42. The summed E-state index contributed by atoms with van der Waals surface area (Å²) in [6, 6.07) is 5.31. The Hall–Kier alpha value is -2.17. The van der Waals surface area contributed by atoms with Gasteiger partial charge in [-0.3, -0.25) is 9.59 Å². The van der Waals surface area contributed by atoms with E-state index in [0.29, 0.717) is 12.2 Å². The summed E-state index contributed by atoms with van der Waals surface area (Å²) in [5, 5.41) is 4.96. The van der Waals surface area contributed by atoms with E-state index in [0.717, 1.165) is 0 Å². The Morgan fingerprint density at radius 1 is 1.24 bits per heavy atom. The zero-order valence-corrected chi connectivity index (χ0v) is 9.20. The third kappa shape index (κ3) is 4.92. The van der Waals surface area contributed by atoms with Crippen molar-refractivity contribution in [2.75, 3.05) is 11.9 Å². The predicted octanol–water partition coefficient (Wildman–Crippen LogP) is 1.46. The molecule has 0 bridgehead atoms. The Labute approximate surface area is 98.5 Å². The van der Waals surface area contributed by atoms with Crippen LogP contribution in [0.5, 0.6) is 0 Å². The molecule has 0 aromatic heterocycles. The second-order valence-corrected chi connectivity index (χ2v) is 3.32. The van der Waals surface area contributed by atoms with Crippen molar-refractivity contribution >= 4 is 17.5 Å². The molecule has 0 heterocycles. The first-order valence-electron chi connectivity index (χ1n) is 5.05. The lowest BCUT2D eigenvalue weighted by Gasteiger charge is -2.05. The maximum atomic E-state index is 12.6. The molecule has 0 saturated carbocycles. The molecule has 0 aliphatic heterocycles. The number of hydrogen-bond acceptors (Lipinski definition) is 2. The van der Waals surface area contributed by atoms with Crippen molar-refractivity contribution in [3.8, 4) is 0 Å². The average molecular weight is 236 g/mol. The normalized spacial score (nSPS) is 9.47. The van der Waals surface area contributed by atoms with Crippen molar-refractivity contribution in [2.45, 2.75) is 6.42 Å². The van der Waals surface area contributed by atoms with Gasteiger partial charge in [0.25, 0.3) is 0 Å². The van der Waals surface area contributed by atoms with Crippen LogP contribution in [-0.2, 0) is 9.59 Å². The molecule has 0 aliphatic carbocycles. The molecular formula is C12H13FN2O2. The minimum absolute atomic E-state index is 0.273. The van der Waals surface area contributed by atoms with Crippen LogP contribution in [0.15, 0.2) is 36.9 Å². The standard InChI is InChI=1S/C12H13FN2O2/c1-2-7-14-11(16)8-12(17)15-10-5-3-9(13)4-6-10/h2-6H,1,7-8H2,(H,14,16)(H,15,17). The smallest absolute Gasteiger partial charge is 0.233 e. The van der Waals surface area contributed by atoms with Gasteiger partial charge >= 0.3 is 0 Å². The van der Waals surface area contributed by atoms with Gasteiger partial charge in [0.05, 0.1) is 0 Å². The number of benzene rings is 1. The molecule has 4 nitrogen and oxygen atoms in total. The van der Waals surface area contributed by atoms with Gasteiger partial charge in [-0.2, -0.15) is 0 Å². The fourth-order valence-corrected chi connectivity index (χ4v) is 1.13. The minimum atomic E-state index is -0.446. The van der Waals surface area contributed by atoms with Gasteiger partial charge in [-0.25, -0.2) is 4.39 Å². The van der Waals surface area contributed by atoms with Crippen LogP contribution < -0.4 is 10.6 Å². The first-order valence-corrected chi connectivity index (χ1v) is 5.05. The molecule has 5 heteroatoms. The molecule has 1 aromatic rings. The van der Waals surface area contributed by atoms with Crippen LogP contribution >= 0.6 is 0 Å². The molecule has 2 amide bonds. The van der Waals surface area contributed by atoms with E-state index in [2.05, 4.69) is 17.2 Å². The lowest BCUT2D eigenvalue weighted by Crippen LogP contribution is -2.28. The van der Waals surface area contributed by atoms with Gasteiger partial charge < -0.3 is 10.6 Å². The molecule has 1 aromatic carbocycles. The first kappa shape index (κ1) is 12.9. The maximum Gasteiger partial charge on any atom is 0.233 e. The number of carbonyl (C=O) groups is 2. The van der Waals surface area contributed by atoms with Gasteiger partial charge in [0, 0.05) is 12.2 Å². The number of carbonyl (C=O) groups excluding carboxylic acids is 2. The van der Waals surface area contributed by atoms with Crippen LogP contribution in [0.4, 0.5) is 10.1 Å². The van der Waals surface area contributed by atoms with E-state index < -0.39 is 5.91 Å². The third-order valence-corrected chi connectivity index (χ3v) is 1.89. The second-order valence-electron chi connectivity index (χ2n) is 3.32. The van der Waals surface area contributed by atoms with Crippen LogP contribution in [-0.4, -0.2) is 18.4 Å². The van der Waals surface area contributed by atoms with Gasteiger partial charge in [0.15, 0.2) is 0 Å². The highest BCUT2D eigenvalue weighted by Crippen LogP contribution is 2.08. The molecule has 0 atom stereocenters. The van der Waals surface area contributed by atoms with E-state index >= 15 is 0 Å². The molecule has 1 rings (SSSR count). The molecule has 0 unspecified atom stereocenters. The number of amides is 2. The number of nitrogens with one attached hydrogen (secondary N) is 2. The fourth-order valence-electron chi connectivity index (χ4n) is 1.13. The van der Waals surface area contributed by atoms with Crippen LogP contribution in [0.3, 0.4) is 0 Å². The van der Waals surface area contributed by atoms with E-state index in [1.54, 1.807) is 0 Å². The van der Waals surface area contributed by atoms with Crippen LogP contribution in [0, 0.1) is 5.82 Å². The molecular weight excluding hydrogens is 223 g/mol. The maximum absolute atomic E-state index is 12.6. The van der Waals surface area contributed by atoms with Crippen LogP contribution in [0.1, 0.15) is 6.42 Å². The van der Waals surface area contributed by atoms with Crippen molar-refractivity contribution in [1.82, 2.24) is 5.32 Å². The van der Waals surface area contributed by atoms with Crippen molar-refractivity contribution in [3.63, 3.8) is 0 Å². The SMILES string of the molecule is C=CCNC(=O)CC(=O)Nc1ccc(F)cc1. The van der Waals surface area contributed by atoms with Crippen LogP contribution in [0.2, 0.25) is 0 Å². The molecule has 17 heavy (non-hydrogen) atoms. The largest absolute Gasteiger partial charge is 0.352 e. The monoisotopic (exact) mass is 236 g/mol. The molecule has 0 saturated heterocycles. The Kier molecular flexibility index (Phi) is 4.87. The Balaban J connectivity index is 2.41. The summed E-state index contributed by atoms with van der Waals surface area (Å²) in [5.41, 5.74) is 0.452. The zero-order chi connectivity index (χ0) is 12.7. The quantitative estimate of drug-likeness (QED) is 0.600. The number of rotatable bonds is 5. The first-order chi connectivity index (χ1) is 8.11. The number of hydrogen-bond donors (Lipinski definition) is 2. The Bertz CT molecular complexity index is 415. The van der Waals surface area contributed by atoms with E-state index in [9.17, 15) is 14.0 Å². The molecule has 0 spiro atoms. The van der Waals surface area contributed by atoms with Crippen molar-refractivity contribution < 1.29 is 14.0 Å². The van der Waals surface area contributed by atoms with Crippen molar-refractivity contribution in [2.24, 2.45) is 0 Å². The summed E-state index contributed by atoms with van der Waals surface area (Å²) in [6.07, 6.45) is 1.25. The van der Waals surface area contributed by atoms with E-state index in [1.165, 1.54) is 30.3 Å². The summed E-state index contributed by atoms with van der Waals surface area (Å²) in [4.78, 5) is 22.6. The van der Waals surface area contributed by atoms with E-state index in [4.69, 9.17) is 0 Å². The molecule has 90 valence electrons. The average Bonchev–Trinajstić information content (AvgIpc) is 2.29. The third-order valence-electron chi connectivity index (χ3n) is 1.89. The summed E-state index contributed by atoms with van der Waals surface area (Å²) < 4.78 is 12.6. The Morgan fingerprint density at radius 3 is 2.47 bits per heavy atom. The topological polar surface area (TPSA) is 58.2 Å². The van der Waals surface area contributed by atoms with Gasteiger partial charge in [-0.05, 0) is 24.3 Å². The number of halogens is 1. The lowest BCUT2D eigenvalue weighted by atomic mass is 10.3. The highest BCUT2D eigenvalue weighted by Gasteiger charge is 2.08. The van der Waals surface area contributed by atoms with Crippen molar-refractivity contribution in [1.29, 1.82) is 0 Å². The summed E-state index contributed by atoms with van der Waals surface area (Å²) in [5.74, 6) is -1.21. The number of anilines is 1. The lowest BCUT2D eigenvalue weighted by molar-refractivity contribution is -0.126. The van der Waals surface area contributed by atoms with Gasteiger partial charge in [0.2, 0.25) is 11.8 Å². The van der Waals surface area contributed by atoms with Gasteiger partial charge in [-0.1, -0.05) is 6.08 Å². The summed E-state index contributed by atoms with van der Waals surface area (Å²) in [6.45, 7) is 3.76. The molecule has 0 aliphatic rings. The minimum Gasteiger partial charge on any atom is -0.352 e. The predicted molar refractivity (Wildman–Crippen MR) is 62.9 cm³/mol. The summed E-state index contributed by atoms with van der Waals surface area (Å²) in [7, 11) is 0. The van der Waals surface area contributed by atoms with Gasteiger partial charge in [-0.15, -0.1) is 6.58 Å². The highest BCUT2D eigenvalue weighted by molar-refractivity contribution is 6.03. The molecule has 0 radical (unpaired) electrons. The fraction of sp³-hybridized carbons (Fsp3) is 0.167. The molecule has 0 fully saturated rings. The van der Waals surface area contributed by atoms with Crippen LogP contribution in [0.25, 0.3) is 0 Å². The van der Waals surface area contributed by atoms with Gasteiger partial charge in [0.1, 0.15) is 12.2 Å². The summed E-state index contributed by atoms with van der Waals surface area (Å²) >= 11 is 0. The van der Waals surface area contributed by atoms with E-state index in [1.807, 2.05) is 0 Å². The van der Waals surface area contributed by atoms with Crippen molar-refractivity contribution in [3.05, 3.63) is 42.7 Å². The highest BCUT2D eigenvalue weighted by atomic mass is 19.1. The molecule has 2 N–H and O–H groups in total. The zero-order valence-electron chi connectivity index (χ0n) is 9.20. The van der Waals surface area contributed by atoms with E-state index in [-0.39, 0.29) is 18.1 Å². The Morgan fingerprint density at radius 2 is 1.88 bits per heavy atom.